The second-order valence-corrected chi connectivity index (χ2v) is 6.49. The zero-order valence-electron chi connectivity index (χ0n) is 14.2. The lowest BCUT2D eigenvalue weighted by Crippen LogP contribution is -2.51. The number of esters is 1. The van der Waals surface area contributed by atoms with Gasteiger partial charge in [-0.05, 0) is 46.7 Å². The summed E-state index contributed by atoms with van der Waals surface area (Å²) in [5.41, 5.74) is -0.636. The molecule has 0 unspecified atom stereocenters. The van der Waals surface area contributed by atoms with Gasteiger partial charge in [-0.25, -0.2) is 9.59 Å². The first kappa shape index (κ1) is 19.2. The van der Waals surface area contributed by atoms with Crippen LogP contribution in [0.25, 0.3) is 0 Å². The van der Waals surface area contributed by atoms with E-state index in [1.807, 2.05) is 0 Å². The van der Waals surface area contributed by atoms with Gasteiger partial charge >= 0.3 is 12.1 Å². The SMILES string of the molecule is COC(=O)[C@H](CNC(=O)OC(C)(C)C)NC(=O)C1CCNCC1. The lowest BCUT2D eigenvalue weighted by Gasteiger charge is -2.25. The van der Waals surface area contributed by atoms with Gasteiger partial charge in [-0.2, -0.15) is 0 Å². The minimum Gasteiger partial charge on any atom is -0.467 e. The maximum absolute atomic E-state index is 12.2. The molecule has 0 aliphatic carbocycles. The molecule has 1 atom stereocenters. The maximum Gasteiger partial charge on any atom is 0.407 e. The molecule has 8 heteroatoms. The van der Waals surface area contributed by atoms with E-state index in [1.54, 1.807) is 20.8 Å². The van der Waals surface area contributed by atoms with E-state index in [0.29, 0.717) is 0 Å². The summed E-state index contributed by atoms with van der Waals surface area (Å²) in [6, 6.07) is -0.935. The van der Waals surface area contributed by atoms with Gasteiger partial charge in [-0.3, -0.25) is 4.79 Å². The van der Waals surface area contributed by atoms with Crippen molar-refractivity contribution in [1.82, 2.24) is 16.0 Å². The normalized spacial score (nSPS) is 17.0. The van der Waals surface area contributed by atoms with E-state index >= 15 is 0 Å². The first-order valence-electron chi connectivity index (χ1n) is 7.78. The monoisotopic (exact) mass is 329 g/mol. The van der Waals surface area contributed by atoms with Crippen LogP contribution in [0.2, 0.25) is 0 Å². The minimum absolute atomic E-state index is 0.0850. The van der Waals surface area contributed by atoms with Crippen LogP contribution >= 0.6 is 0 Å². The Morgan fingerprint density at radius 3 is 2.35 bits per heavy atom. The van der Waals surface area contributed by atoms with Gasteiger partial charge in [-0.15, -0.1) is 0 Å². The van der Waals surface area contributed by atoms with Crippen LogP contribution in [0.4, 0.5) is 4.79 Å². The Balaban J connectivity index is 2.53. The Kier molecular flexibility index (Phi) is 7.28. The van der Waals surface area contributed by atoms with Crippen LogP contribution in [-0.4, -0.2) is 56.4 Å². The van der Waals surface area contributed by atoms with E-state index in [-0.39, 0.29) is 18.4 Å². The van der Waals surface area contributed by atoms with Crippen LogP contribution in [0.5, 0.6) is 0 Å². The van der Waals surface area contributed by atoms with Crippen molar-refractivity contribution in [2.75, 3.05) is 26.7 Å². The zero-order chi connectivity index (χ0) is 17.5. The Labute approximate surface area is 136 Å². The van der Waals surface area contributed by atoms with E-state index in [9.17, 15) is 14.4 Å². The quantitative estimate of drug-likeness (QED) is 0.621. The van der Waals surface area contributed by atoms with Gasteiger partial charge in [0, 0.05) is 5.92 Å². The lowest BCUT2D eigenvalue weighted by molar-refractivity contribution is -0.145. The van der Waals surface area contributed by atoms with Gasteiger partial charge in [0.15, 0.2) is 0 Å². The van der Waals surface area contributed by atoms with Crippen LogP contribution < -0.4 is 16.0 Å². The van der Waals surface area contributed by atoms with E-state index in [2.05, 4.69) is 20.7 Å². The third-order valence-electron chi connectivity index (χ3n) is 3.36. The number of methoxy groups -OCH3 is 1. The highest BCUT2D eigenvalue weighted by atomic mass is 16.6. The molecule has 0 radical (unpaired) electrons. The van der Waals surface area contributed by atoms with Crippen molar-refractivity contribution in [3.8, 4) is 0 Å². The number of ether oxygens (including phenoxy) is 2. The van der Waals surface area contributed by atoms with E-state index in [1.165, 1.54) is 7.11 Å². The molecule has 3 N–H and O–H groups in total. The van der Waals surface area contributed by atoms with E-state index in [4.69, 9.17) is 4.74 Å². The fourth-order valence-corrected chi connectivity index (χ4v) is 2.21. The molecule has 0 bridgehead atoms. The number of hydrogen-bond acceptors (Lipinski definition) is 6. The first-order valence-corrected chi connectivity index (χ1v) is 7.78. The number of carbonyl (C=O) groups is 3. The van der Waals surface area contributed by atoms with Crippen molar-refractivity contribution < 1.29 is 23.9 Å². The summed E-state index contributed by atoms with van der Waals surface area (Å²) in [5.74, 6) is -0.943. The van der Waals surface area contributed by atoms with Crippen molar-refractivity contribution >= 4 is 18.0 Å². The number of amides is 2. The first-order chi connectivity index (χ1) is 10.7. The molecule has 0 saturated carbocycles. The van der Waals surface area contributed by atoms with Crippen molar-refractivity contribution in [2.24, 2.45) is 5.92 Å². The number of rotatable bonds is 5. The third kappa shape index (κ3) is 7.32. The molecule has 132 valence electrons. The minimum atomic E-state index is -0.935. The predicted molar refractivity (Wildman–Crippen MR) is 83.8 cm³/mol. The summed E-state index contributed by atoms with van der Waals surface area (Å²) in [6.07, 6.45) is 0.792. The predicted octanol–water partition coefficient (Wildman–Crippen LogP) is 0.169. The zero-order valence-corrected chi connectivity index (χ0v) is 14.2. The molecule has 8 nitrogen and oxygen atoms in total. The molecule has 1 rings (SSSR count). The van der Waals surface area contributed by atoms with E-state index < -0.39 is 23.7 Å². The molecule has 0 aromatic rings. The van der Waals surface area contributed by atoms with Crippen molar-refractivity contribution in [3.05, 3.63) is 0 Å². The molecule has 2 amide bonds. The Morgan fingerprint density at radius 2 is 1.83 bits per heavy atom. The van der Waals surface area contributed by atoms with E-state index in [0.717, 1.165) is 25.9 Å². The van der Waals surface area contributed by atoms with Crippen LogP contribution in [0.3, 0.4) is 0 Å². The number of carbonyl (C=O) groups excluding carboxylic acids is 3. The van der Waals surface area contributed by atoms with Crippen molar-refractivity contribution in [2.45, 2.75) is 45.3 Å². The van der Waals surface area contributed by atoms with Crippen LogP contribution in [0.15, 0.2) is 0 Å². The average Bonchev–Trinajstić information content (AvgIpc) is 2.49. The van der Waals surface area contributed by atoms with Gasteiger partial charge in [-0.1, -0.05) is 0 Å². The Hall–Kier alpha value is -1.83. The fourth-order valence-electron chi connectivity index (χ4n) is 2.21. The van der Waals surface area contributed by atoms with Gasteiger partial charge < -0.3 is 25.4 Å². The maximum atomic E-state index is 12.2. The van der Waals surface area contributed by atoms with Gasteiger partial charge in [0.25, 0.3) is 0 Å². The number of piperidine rings is 1. The largest absolute Gasteiger partial charge is 0.467 e. The lowest BCUT2D eigenvalue weighted by atomic mass is 9.97. The average molecular weight is 329 g/mol. The molecular formula is C15H27N3O5. The number of nitrogens with one attached hydrogen (secondary N) is 3. The standard InChI is InChI=1S/C15H27N3O5/c1-15(2,3)23-14(21)17-9-11(13(20)22-4)18-12(19)10-5-7-16-8-6-10/h10-11,16H,5-9H2,1-4H3,(H,17,21)(H,18,19)/t11-/m0/s1. The molecule has 1 saturated heterocycles. The molecule has 0 spiro atoms. The molecule has 1 fully saturated rings. The van der Waals surface area contributed by atoms with Crippen LogP contribution in [0, 0.1) is 5.92 Å². The second-order valence-electron chi connectivity index (χ2n) is 6.49. The molecule has 1 aliphatic heterocycles. The smallest absolute Gasteiger partial charge is 0.407 e. The van der Waals surface area contributed by atoms with Crippen molar-refractivity contribution in [1.29, 1.82) is 0 Å². The molecule has 1 aliphatic rings. The molecule has 1 heterocycles. The summed E-state index contributed by atoms with van der Waals surface area (Å²) in [6.45, 7) is 6.68. The molecule has 23 heavy (non-hydrogen) atoms. The summed E-state index contributed by atoms with van der Waals surface area (Å²) < 4.78 is 9.78. The number of hydrogen-bond donors (Lipinski definition) is 3. The summed E-state index contributed by atoms with van der Waals surface area (Å²) in [4.78, 5) is 35.7. The highest BCUT2D eigenvalue weighted by molar-refractivity contribution is 5.86. The topological polar surface area (TPSA) is 106 Å². The summed E-state index contributed by atoms with van der Waals surface area (Å²) in [5, 5.41) is 8.29. The Bertz CT molecular complexity index is 427. The highest BCUT2D eigenvalue weighted by Crippen LogP contribution is 2.12. The molecular weight excluding hydrogens is 302 g/mol. The number of alkyl carbamates (subject to hydrolysis) is 1. The van der Waals surface area contributed by atoms with Gasteiger partial charge in [0.05, 0.1) is 13.7 Å². The molecule has 0 aromatic heterocycles. The van der Waals surface area contributed by atoms with Gasteiger partial charge in [0.1, 0.15) is 11.6 Å². The van der Waals surface area contributed by atoms with Crippen LogP contribution in [-0.2, 0) is 19.1 Å². The second kappa shape index (κ2) is 8.71. The van der Waals surface area contributed by atoms with Crippen LogP contribution in [0.1, 0.15) is 33.6 Å². The molecule has 0 aromatic carbocycles. The Morgan fingerprint density at radius 1 is 1.22 bits per heavy atom. The highest BCUT2D eigenvalue weighted by Gasteiger charge is 2.28. The fraction of sp³-hybridized carbons (Fsp3) is 0.800. The van der Waals surface area contributed by atoms with Gasteiger partial charge in [0.2, 0.25) is 5.91 Å². The van der Waals surface area contributed by atoms with Crippen molar-refractivity contribution in [3.63, 3.8) is 0 Å². The third-order valence-corrected chi connectivity index (χ3v) is 3.36. The summed E-state index contributed by atoms with van der Waals surface area (Å²) in [7, 11) is 1.24. The summed E-state index contributed by atoms with van der Waals surface area (Å²) >= 11 is 0.